The smallest absolute Gasteiger partial charge is 0.243 e. The lowest BCUT2D eigenvalue weighted by molar-refractivity contribution is -0.139. The molecule has 2 rings (SSSR count). The fourth-order valence-electron chi connectivity index (χ4n) is 3.30. The number of rotatable bonds is 5. The number of anilines is 1. The number of hydrogen-bond donors (Lipinski definition) is 2. The van der Waals surface area contributed by atoms with Crippen LogP contribution in [0.15, 0.2) is 18.2 Å². The highest BCUT2D eigenvalue weighted by atomic mass is 16.3. The quantitative estimate of drug-likeness (QED) is 0.871. The maximum absolute atomic E-state index is 12.3. The van der Waals surface area contributed by atoms with Crippen molar-refractivity contribution in [2.24, 2.45) is 0 Å². The van der Waals surface area contributed by atoms with Gasteiger partial charge in [0.05, 0.1) is 18.6 Å². The molecule has 5 nitrogen and oxygen atoms in total. The molecule has 0 spiro atoms. The molecule has 1 aromatic rings. The minimum atomic E-state index is -0.896. The van der Waals surface area contributed by atoms with Gasteiger partial charge in [-0.2, -0.15) is 0 Å². The van der Waals surface area contributed by atoms with E-state index in [0.29, 0.717) is 12.8 Å². The highest BCUT2D eigenvalue weighted by molar-refractivity contribution is 5.95. The Balaban J connectivity index is 1.90. The summed E-state index contributed by atoms with van der Waals surface area (Å²) in [6.07, 6.45) is 4.47. The second-order valence-electron chi connectivity index (χ2n) is 7.03. The fraction of sp³-hybridized carbons (Fsp3) is 0.579. The van der Waals surface area contributed by atoms with E-state index in [0.717, 1.165) is 36.1 Å². The van der Waals surface area contributed by atoms with Crippen molar-refractivity contribution >= 4 is 17.5 Å². The van der Waals surface area contributed by atoms with Crippen molar-refractivity contribution < 1.29 is 14.7 Å². The van der Waals surface area contributed by atoms with Gasteiger partial charge >= 0.3 is 0 Å². The van der Waals surface area contributed by atoms with Gasteiger partial charge in [0.15, 0.2) is 0 Å². The van der Waals surface area contributed by atoms with Crippen molar-refractivity contribution in [1.29, 1.82) is 0 Å². The minimum Gasteiger partial charge on any atom is -0.389 e. The predicted molar refractivity (Wildman–Crippen MR) is 94.8 cm³/mol. The molecule has 0 heterocycles. The Morgan fingerprint density at radius 2 is 1.75 bits per heavy atom. The highest BCUT2D eigenvalue weighted by Gasteiger charge is 2.33. The number of benzene rings is 1. The first-order valence-corrected chi connectivity index (χ1v) is 8.63. The van der Waals surface area contributed by atoms with Crippen LogP contribution in [0, 0.1) is 13.8 Å². The van der Waals surface area contributed by atoms with Crippen LogP contribution >= 0.6 is 0 Å². The maximum atomic E-state index is 12.3. The summed E-state index contributed by atoms with van der Waals surface area (Å²) in [5.41, 5.74) is 1.89. The van der Waals surface area contributed by atoms with Crippen LogP contribution in [-0.4, -0.2) is 41.0 Å². The van der Waals surface area contributed by atoms with Crippen molar-refractivity contribution in [3.8, 4) is 0 Å². The van der Waals surface area contributed by atoms with Crippen molar-refractivity contribution in [2.75, 3.05) is 18.9 Å². The summed E-state index contributed by atoms with van der Waals surface area (Å²) in [6, 6.07) is 5.83. The highest BCUT2D eigenvalue weighted by Crippen LogP contribution is 2.31. The summed E-state index contributed by atoms with van der Waals surface area (Å²) in [5, 5.41) is 13.4. The average molecular weight is 332 g/mol. The van der Waals surface area contributed by atoms with Gasteiger partial charge < -0.3 is 15.3 Å². The van der Waals surface area contributed by atoms with Gasteiger partial charge in [0.25, 0.3) is 0 Å². The number of carbonyl (C=O) groups is 2. The zero-order valence-electron chi connectivity index (χ0n) is 14.9. The number of amides is 2. The van der Waals surface area contributed by atoms with Crippen molar-refractivity contribution in [3.63, 3.8) is 0 Å². The maximum Gasteiger partial charge on any atom is 0.243 e. The molecule has 1 saturated carbocycles. The Hall–Kier alpha value is -1.88. The van der Waals surface area contributed by atoms with Crippen LogP contribution in [0.1, 0.15) is 49.7 Å². The van der Waals surface area contributed by atoms with E-state index in [1.165, 1.54) is 4.90 Å². The molecule has 0 aliphatic heterocycles. The summed E-state index contributed by atoms with van der Waals surface area (Å²) in [4.78, 5) is 26.0. The molecule has 0 aromatic heterocycles. The summed E-state index contributed by atoms with van der Waals surface area (Å²) in [5.74, 6) is -0.407. The Morgan fingerprint density at radius 1 is 1.17 bits per heavy atom. The van der Waals surface area contributed by atoms with E-state index >= 15 is 0 Å². The van der Waals surface area contributed by atoms with E-state index in [-0.39, 0.29) is 24.8 Å². The van der Waals surface area contributed by atoms with Gasteiger partial charge in [-0.05, 0) is 37.8 Å². The fourth-order valence-corrected chi connectivity index (χ4v) is 3.30. The van der Waals surface area contributed by atoms with Gasteiger partial charge in [-0.15, -0.1) is 0 Å². The first kappa shape index (κ1) is 18.5. The standard InChI is InChI=1S/C19H28N2O3/c1-14-8-7-9-15(2)18(14)20-16(22)13-21(3)17(23)12-19(24)10-5-4-6-11-19/h7-9,24H,4-6,10-13H2,1-3H3,(H,20,22). The molecule has 2 N–H and O–H groups in total. The summed E-state index contributed by atoms with van der Waals surface area (Å²) < 4.78 is 0. The third-order valence-corrected chi connectivity index (χ3v) is 4.82. The van der Waals surface area contributed by atoms with Crippen LogP contribution in [-0.2, 0) is 9.59 Å². The molecule has 0 saturated heterocycles. The number of para-hydroxylation sites is 1. The SMILES string of the molecule is Cc1cccc(C)c1NC(=O)CN(C)C(=O)CC1(O)CCCCC1. The van der Waals surface area contributed by atoms with E-state index in [9.17, 15) is 14.7 Å². The van der Waals surface area contributed by atoms with Crippen LogP contribution in [0.25, 0.3) is 0 Å². The molecule has 0 bridgehead atoms. The van der Waals surface area contributed by atoms with E-state index in [4.69, 9.17) is 0 Å². The number of nitrogens with zero attached hydrogens (tertiary/aromatic N) is 1. The number of aliphatic hydroxyl groups is 1. The van der Waals surface area contributed by atoms with Crippen LogP contribution in [0.2, 0.25) is 0 Å². The Labute approximate surface area is 144 Å². The third kappa shape index (κ3) is 4.81. The monoisotopic (exact) mass is 332 g/mol. The van der Waals surface area contributed by atoms with E-state index in [1.807, 2.05) is 32.0 Å². The van der Waals surface area contributed by atoms with Gasteiger partial charge in [-0.25, -0.2) is 0 Å². The van der Waals surface area contributed by atoms with Gasteiger partial charge in [0.2, 0.25) is 11.8 Å². The lowest BCUT2D eigenvalue weighted by Gasteiger charge is -2.32. The Kier molecular flexibility index (Phi) is 5.99. The molecular formula is C19H28N2O3. The molecule has 24 heavy (non-hydrogen) atoms. The third-order valence-electron chi connectivity index (χ3n) is 4.82. The summed E-state index contributed by atoms with van der Waals surface area (Å²) in [6.45, 7) is 3.87. The minimum absolute atomic E-state index is 0.0112. The predicted octanol–water partition coefficient (Wildman–Crippen LogP) is 2.79. The first-order chi connectivity index (χ1) is 11.3. The van der Waals surface area contributed by atoms with Crippen molar-refractivity contribution in [2.45, 2.75) is 58.0 Å². The van der Waals surface area contributed by atoms with Gasteiger partial charge in [0, 0.05) is 12.7 Å². The summed E-state index contributed by atoms with van der Waals surface area (Å²) in [7, 11) is 1.61. The molecule has 132 valence electrons. The average Bonchev–Trinajstić information content (AvgIpc) is 2.51. The van der Waals surface area contributed by atoms with Crippen molar-refractivity contribution in [1.82, 2.24) is 4.90 Å². The van der Waals surface area contributed by atoms with Crippen LogP contribution in [0.3, 0.4) is 0 Å². The largest absolute Gasteiger partial charge is 0.389 e. The molecule has 0 atom stereocenters. The van der Waals surface area contributed by atoms with Gasteiger partial charge in [-0.3, -0.25) is 9.59 Å². The van der Waals surface area contributed by atoms with Gasteiger partial charge in [0.1, 0.15) is 0 Å². The molecule has 1 aliphatic carbocycles. The lowest BCUT2D eigenvalue weighted by atomic mass is 9.82. The number of hydrogen-bond acceptors (Lipinski definition) is 3. The molecule has 1 fully saturated rings. The molecule has 0 radical (unpaired) electrons. The molecule has 0 unspecified atom stereocenters. The van der Waals surface area contributed by atoms with E-state index < -0.39 is 5.60 Å². The van der Waals surface area contributed by atoms with Crippen molar-refractivity contribution in [3.05, 3.63) is 29.3 Å². The second-order valence-corrected chi connectivity index (χ2v) is 7.03. The van der Waals surface area contributed by atoms with Crippen LogP contribution in [0.5, 0.6) is 0 Å². The Morgan fingerprint density at radius 3 is 2.33 bits per heavy atom. The zero-order chi connectivity index (χ0) is 17.7. The summed E-state index contributed by atoms with van der Waals surface area (Å²) >= 11 is 0. The molecule has 1 aliphatic rings. The number of carbonyl (C=O) groups excluding carboxylic acids is 2. The second kappa shape index (κ2) is 7.79. The number of likely N-dealkylation sites (N-methyl/N-ethyl adjacent to an activating group) is 1. The Bertz CT molecular complexity index is 586. The number of aryl methyl sites for hydroxylation is 2. The van der Waals surface area contributed by atoms with E-state index in [2.05, 4.69) is 5.32 Å². The van der Waals surface area contributed by atoms with Crippen LogP contribution in [0.4, 0.5) is 5.69 Å². The van der Waals surface area contributed by atoms with Crippen LogP contribution < -0.4 is 5.32 Å². The topological polar surface area (TPSA) is 69.6 Å². The van der Waals surface area contributed by atoms with Gasteiger partial charge in [-0.1, -0.05) is 37.5 Å². The zero-order valence-corrected chi connectivity index (χ0v) is 14.9. The lowest BCUT2D eigenvalue weighted by Crippen LogP contribution is -2.41. The first-order valence-electron chi connectivity index (χ1n) is 8.63. The normalized spacial score (nSPS) is 16.5. The molecule has 2 amide bonds. The molecule has 5 heteroatoms. The van der Waals surface area contributed by atoms with E-state index in [1.54, 1.807) is 7.05 Å². The molecular weight excluding hydrogens is 304 g/mol. The molecule has 1 aromatic carbocycles. The number of nitrogens with one attached hydrogen (secondary N) is 1.